The molecule has 0 spiro atoms. The molecule has 0 heterocycles. The molecule has 1 fully saturated rings. The molecular formula is C10H20N2O. The minimum absolute atomic E-state index is 0.0171. The molecule has 3 heteroatoms. The number of hydrogen-bond donors (Lipinski definition) is 2. The second-order valence-electron chi connectivity index (χ2n) is 4.24. The molecule has 1 aliphatic rings. The lowest BCUT2D eigenvalue weighted by molar-refractivity contribution is 0.171. The van der Waals surface area contributed by atoms with E-state index in [1.807, 2.05) is 13.8 Å². The summed E-state index contributed by atoms with van der Waals surface area (Å²) in [6.45, 7) is 6.08. The van der Waals surface area contributed by atoms with Crippen molar-refractivity contribution in [1.82, 2.24) is 10.6 Å². The highest BCUT2D eigenvalue weighted by molar-refractivity contribution is 5.75. The SMILES string of the molecule is CCC1(NC(=O)NC(C)C)CCC1. The summed E-state index contributed by atoms with van der Waals surface area (Å²) in [4.78, 5) is 11.4. The Balaban J connectivity index is 2.34. The van der Waals surface area contributed by atoms with E-state index in [0.717, 1.165) is 19.3 Å². The molecule has 0 aromatic carbocycles. The van der Waals surface area contributed by atoms with Crippen LogP contribution in [-0.4, -0.2) is 17.6 Å². The van der Waals surface area contributed by atoms with Gasteiger partial charge in [0.1, 0.15) is 0 Å². The van der Waals surface area contributed by atoms with Crippen LogP contribution in [-0.2, 0) is 0 Å². The van der Waals surface area contributed by atoms with Crippen molar-refractivity contribution in [1.29, 1.82) is 0 Å². The van der Waals surface area contributed by atoms with Crippen molar-refractivity contribution in [2.45, 2.75) is 58.0 Å². The van der Waals surface area contributed by atoms with Gasteiger partial charge in [-0.15, -0.1) is 0 Å². The van der Waals surface area contributed by atoms with Gasteiger partial charge in [0, 0.05) is 11.6 Å². The van der Waals surface area contributed by atoms with Gasteiger partial charge in [-0.2, -0.15) is 0 Å². The summed E-state index contributed by atoms with van der Waals surface area (Å²) in [5.41, 5.74) is 0.110. The smallest absolute Gasteiger partial charge is 0.315 e. The van der Waals surface area contributed by atoms with E-state index in [2.05, 4.69) is 17.6 Å². The van der Waals surface area contributed by atoms with Crippen LogP contribution >= 0.6 is 0 Å². The van der Waals surface area contributed by atoms with Crippen molar-refractivity contribution >= 4 is 6.03 Å². The number of carbonyl (C=O) groups is 1. The minimum atomic E-state index is -0.0171. The summed E-state index contributed by atoms with van der Waals surface area (Å²) in [6.07, 6.45) is 4.55. The van der Waals surface area contributed by atoms with E-state index < -0.39 is 0 Å². The van der Waals surface area contributed by atoms with Crippen LogP contribution in [0.1, 0.15) is 46.5 Å². The normalized spacial score (nSPS) is 19.4. The second-order valence-corrected chi connectivity index (χ2v) is 4.24. The summed E-state index contributed by atoms with van der Waals surface area (Å²) >= 11 is 0. The summed E-state index contributed by atoms with van der Waals surface area (Å²) in [5.74, 6) is 0. The minimum Gasteiger partial charge on any atom is -0.336 e. The summed E-state index contributed by atoms with van der Waals surface area (Å²) in [5, 5.41) is 5.91. The molecule has 0 radical (unpaired) electrons. The average molecular weight is 184 g/mol. The van der Waals surface area contributed by atoms with Crippen LogP contribution in [0.3, 0.4) is 0 Å². The molecule has 0 aromatic rings. The Morgan fingerprint density at radius 2 is 2.08 bits per heavy atom. The molecule has 0 saturated heterocycles. The number of nitrogens with one attached hydrogen (secondary N) is 2. The number of amides is 2. The van der Waals surface area contributed by atoms with Crippen molar-refractivity contribution in [3.63, 3.8) is 0 Å². The molecule has 0 unspecified atom stereocenters. The molecule has 2 amide bonds. The average Bonchev–Trinajstić information content (AvgIpc) is 1.95. The highest BCUT2D eigenvalue weighted by Crippen LogP contribution is 2.34. The van der Waals surface area contributed by atoms with E-state index in [4.69, 9.17) is 0 Å². The number of carbonyl (C=O) groups excluding carboxylic acids is 1. The van der Waals surface area contributed by atoms with Gasteiger partial charge >= 0.3 is 6.03 Å². The quantitative estimate of drug-likeness (QED) is 0.692. The van der Waals surface area contributed by atoms with Crippen molar-refractivity contribution in [2.75, 3.05) is 0 Å². The van der Waals surface area contributed by atoms with Gasteiger partial charge in [0.15, 0.2) is 0 Å². The molecule has 2 N–H and O–H groups in total. The third-order valence-electron chi connectivity index (χ3n) is 2.79. The van der Waals surface area contributed by atoms with Gasteiger partial charge in [0.05, 0.1) is 0 Å². The van der Waals surface area contributed by atoms with Crippen LogP contribution in [0.4, 0.5) is 4.79 Å². The van der Waals surface area contributed by atoms with Crippen LogP contribution in [0, 0.1) is 0 Å². The predicted molar refractivity (Wildman–Crippen MR) is 53.7 cm³/mol. The van der Waals surface area contributed by atoms with Gasteiger partial charge < -0.3 is 10.6 Å². The lowest BCUT2D eigenvalue weighted by Gasteiger charge is -2.42. The Labute approximate surface area is 80.3 Å². The molecule has 1 aliphatic carbocycles. The Kier molecular flexibility index (Phi) is 3.17. The molecule has 0 aromatic heterocycles. The van der Waals surface area contributed by atoms with E-state index >= 15 is 0 Å². The van der Waals surface area contributed by atoms with Gasteiger partial charge in [0.2, 0.25) is 0 Å². The van der Waals surface area contributed by atoms with Gasteiger partial charge in [-0.3, -0.25) is 0 Å². The van der Waals surface area contributed by atoms with E-state index in [1.54, 1.807) is 0 Å². The van der Waals surface area contributed by atoms with Gasteiger partial charge in [-0.1, -0.05) is 6.92 Å². The maximum Gasteiger partial charge on any atom is 0.315 e. The van der Waals surface area contributed by atoms with Crippen LogP contribution in [0.5, 0.6) is 0 Å². The fraction of sp³-hybridized carbons (Fsp3) is 0.900. The maximum absolute atomic E-state index is 11.4. The fourth-order valence-electron chi connectivity index (χ4n) is 1.71. The first-order valence-corrected chi connectivity index (χ1v) is 5.17. The van der Waals surface area contributed by atoms with E-state index in [1.165, 1.54) is 6.42 Å². The number of urea groups is 1. The molecule has 0 bridgehead atoms. The number of hydrogen-bond acceptors (Lipinski definition) is 1. The monoisotopic (exact) mass is 184 g/mol. The molecule has 1 rings (SSSR count). The summed E-state index contributed by atoms with van der Waals surface area (Å²) in [7, 11) is 0. The first kappa shape index (κ1) is 10.4. The third kappa shape index (κ3) is 2.61. The molecular weight excluding hydrogens is 164 g/mol. The molecule has 0 aliphatic heterocycles. The second kappa shape index (κ2) is 3.99. The Morgan fingerprint density at radius 3 is 2.38 bits per heavy atom. The third-order valence-corrected chi connectivity index (χ3v) is 2.79. The lowest BCUT2D eigenvalue weighted by Crippen LogP contribution is -2.56. The van der Waals surface area contributed by atoms with Gasteiger partial charge in [0.25, 0.3) is 0 Å². The van der Waals surface area contributed by atoms with Gasteiger partial charge in [-0.25, -0.2) is 4.79 Å². The molecule has 76 valence electrons. The van der Waals surface area contributed by atoms with E-state index in [0.29, 0.717) is 0 Å². The predicted octanol–water partition coefficient (Wildman–Crippen LogP) is 2.03. The van der Waals surface area contributed by atoms with Crippen LogP contribution in [0.25, 0.3) is 0 Å². The highest BCUT2D eigenvalue weighted by Gasteiger charge is 2.36. The van der Waals surface area contributed by atoms with Crippen molar-refractivity contribution in [3.8, 4) is 0 Å². The molecule has 3 nitrogen and oxygen atoms in total. The van der Waals surface area contributed by atoms with Crippen molar-refractivity contribution in [2.24, 2.45) is 0 Å². The van der Waals surface area contributed by atoms with E-state index in [9.17, 15) is 4.79 Å². The summed E-state index contributed by atoms with van der Waals surface area (Å²) < 4.78 is 0. The van der Waals surface area contributed by atoms with Crippen LogP contribution < -0.4 is 10.6 Å². The van der Waals surface area contributed by atoms with E-state index in [-0.39, 0.29) is 17.6 Å². The fourth-order valence-corrected chi connectivity index (χ4v) is 1.71. The Morgan fingerprint density at radius 1 is 1.46 bits per heavy atom. The van der Waals surface area contributed by atoms with Crippen molar-refractivity contribution < 1.29 is 4.79 Å². The number of rotatable bonds is 3. The zero-order valence-corrected chi connectivity index (χ0v) is 8.81. The zero-order valence-electron chi connectivity index (χ0n) is 8.81. The zero-order chi connectivity index (χ0) is 9.90. The van der Waals surface area contributed by atoms with Gasteiger partial charge in [-0.05, 0) is 39.5 Å². The standard InChI is InChI=1S/C10H20N2O/c1-4-10(6-5-7-10)12-9(13)11-8(2)3/h8H,4-7H2,1-3H3,(H2,11,12,13). The topological polar surface area (TPSA) is 41.1 Å². The highest BCUT2D eigenvalue weighted by atomic mass is 16.2. The first-order valence-electron chi connectivity index (χ1n) is 5.17. The first-order chi connectivity index (χ1) is 6.08. The summed E-state index contributed by atoms with van der Waals surface area (Å²) in [6, 6.07) is 0.200. The molecule has 1 saturated carbocycles. The van der Waals surface area contributed by atoms with Crippen LogP contribution in [0.2, 0.25) is 0 Å². The lowest BCUT2D eigenvalue weighted by atomic mass is 9.75. The van der Waals surface area contributed by atoms with Crippen LogP contribution in [0.15, 0.2) is 0 Å². The maximum atomic E-state index is 11.4. The molecule has 0 atom stereocenters. The van der Waals surface area contributed by atoms with Crippen molar-refractivity contribution in [3.05, 3.63) is 0 Å². The molecule has 13 heavy (non-hydrogen) atoms. The Bertz CT molecular complexity index is 180. The Hall–Kier alpha value is -0.730. The largest absolute Gasteiger partial charge is 0.336 e.